The predicted molar refractivity (Wildman–Crippen MR) is 105 cm³/mol. The zero-order valence-corrected chi connectivity index (χ0v) is 15.3. The van der Waals surface area contributed by atoms with Crippen molar-refractivity contribution in [3.8, 4) is 11.4 Å². The van der Waals surface area contributed by atoms with Gasteiger partial charge in [-0.2, -0.15) is 5.10 Å². The van der Waals surface area contributed by atoms with Gasteiger partial charge in [-0.15, -0.1) is 0 Å². The molecule has 0 aliphatic heterocycles. The van der Waals surface area contributed by atoms with Gasteiger partial charge in [0.15, 0.2) is 11.5 Å². The molecule has 0 aliphatic carbocycles. The number of rotatable bonds is 5. The van der Waals surface area contributed by atoms with Crippen LogP contribution >= 0.6 is 0 Å². The smallest absolute Gasteiger partial charge is 0.164 e. The summed E-state index contributed by atoms with van der Waals surface area (Å²) in [6.07, 6.45) is 2.72. The van der Waals surface area contributed by atoms with Crippen LogP contribution in [0.5, 0.6) is 0 Å². The lowest BCUT2D eigenvalue weighted by Crippen LogP contribution is -2.03. The van der Waals surface area contributed by atoms with Gasteiger partial charge in [-0.05, 0) is 37.6 Å². The van der Waals surface area contributed by atoms with E-state index in [1.54, 1.807) is 18.3 Å². The number of nitrogens with zero attached hydrogens (tertiary/aromatic N) is 4. The van der Waals surface area contributed by atoms with Crippen LogP contribution in [-0.2, 0) is 6.54 Å². The fourth-order valence-corrected chi connectivity index (χ4v) is 2.96. The largest absolute Gasteiger partial charge is 0.339 e. The normalized spacial score (nSPS) is 11.1. The average Bonchev–Trinajstić information content (AvgIpc) is 3.07. The predicted octanol–water partition coefficient (Wildman–Crippen LogP) is 5.09. The standard InChI is InChI=1S/C21H20FN5/c1-3-11-27-21-18(13-23-27)20(24-17-9-7-14(2)8-10-17)25-19(26-21)15-5-4-6-16(22)12-15/h4-10,12-13H,3,11H2,1-2H3,(H,24,25,26). The average molecular weight is 361 g/mol. The van der Waals surface area contributed by atoms with Crippen molar-refractivity contribution >= 4 is 22.5 Å². The number of anilines is 2. The van der Waals surface area contributed by atoms with Gasteiger partial charge in [0.25, 0.3) is 0 Å². The van der Waals surface area contributed by atoms with Crippen LogP contribution in [0.1, 0.15) is 18.9 Å². The fraction of sp³-hybridized carbons (Fsp3) is 0.190. The van der Waals surface area contributed by atoms with Gasteiger partial charge in [0.1, 0.15) is 11.6 Å². The van der Waals surface area contributed by atoms with Crippen LogP contribution in [0.3, 0.4) is 0 Å². The first-order valence-electron chi connectivity index (χ1n) is 8.97. The monoisotopic (exact) mass is 361 g/mol. The highest BCUT2D eigenvalue weighted by Gasteiger charge is 2.14. The Hall–Kier alpha value is -3.28. The molecule has 0 fully saturated rings. The molecule has 6 heteroatoms. The molecule has 0 radical (unpaired) electrons. The maximum atomic E-state index is 13.7. The zero-order valence-electron chi connectivity index (χ0n) is 15.3. The molecule has 136 valence electrons. The number of aromatic nitrogens is 4. The topological polar surface area (TPSA) is 55.6 Å². The minimum absolute atomic E-state index is 0.314. The molecule has 0 atom stereocenters. The van der Waals surface area contributed by atoms with E-state index in [1.165, 1.54) is 17.7 Å². The van der Waals surface area contributed by atoms with E-state index >= 15 is 0 Å². The first-order valence-corrected chi connectivity index (χ1v) is 8.97. The van der Waals surface area contributed by atoms with E-state index in [1.807, 2.05) is 35.9 Å². The Balaban J connectivity index is 1.86. The van der Waals surface area contributed by atoms with Crippen LogP contribution < -0.4 is 5.32 Å². The minimum atomic E-state index is -0.314. The quantitative estimate of drug-likeness (QED) is 0.538. The summed E-state index contributed by atoms with van der Waals surface area (Å²) in [6.45, 7) is 4.89. The van der Waals surface area contributed by atoms with Gasteiger partial charge in [0, 0.05) is 17.8 Å². The van der Waals surface area contributed by atoms with Crippen LogP contribution in [0.4, 0.5) is 15.9 Å². The zero-order chi connectivity index (χ0) is 18.8. The number of hydrogen-bond donors (Lipinski definition) is 1. The molecule has 5 nitrogen and oxygen atoms in total. The van der Waals surface area contributed by atoms with Gasteiger partial charge >= 0.3 is 0 Å². The van der Waals surface area contributed by atoms with E-state index < -0.39 is 0 Å². The molecule has 4 aromatic rings. The van der Waals surface area contributed by atoms with Crippen molar-refractivity contribution in [2.45, 2.75) is 26.8 Å². The lowest BCUT2D eigenvalue weighted by Gasteiger charge is -2.10. The molecule has 2 aromatic carbocycles. The van der Waals surface area contributed by atoms with Crippen molar-refractivity contribution in [2.24, 2.45) is 0 Å². The summed E-state index contributed by atoms with van der Waals surface area (Å²) in [6, 6.07) is 14.4. The Morgan fingerprint density at radius 2 is 1.89 bits per heavy atom. The molecule has 27 heavy (non-hydrogen) atoms. The number of benzene rings is 2. The van der Waals surface area contributed by atoms with E-state index in [2.05, 4.69) is 27.3 Å². The molecule has 0 spiro atoms. The van der Waals surface area contributed by atoms with Crippen molar-refractivity contribution in [1.82, 2.24) is 19.7 Å². The Labute approximate surface area is 156 Å². The van der Waals surface area contributed by atoms with Crippen molar-refractivity contribution in [3.63, 3.8) is 0 Å². The second-order valence-electron chi connectivity index (χ2n) is 6.50. The van der Waals surface area contributed by atoms with Crippen LogP contribution in [0.25, 0.3) is 22.4 Å². The highest BCUT2D eigenvalue weighted by Crippen LogP contribution is 2.28. The molecule has 0 amide bonds. The van der Waals surface area contributed by atoms with Crippen molar-refractivity contribution in [2.75, 3.05) is 5.32 Å². The van der Waals surface area contributed by atoms with E-state index in [0.717, 1.165) is 29.7 Å². The molecule has 2 heterocycles. The highest BCUT2D eigenvalue weighted by atomic mass is 19.1. The molecule has 4 rings (SSSR count). The summed E-state index contributed by atoms with van der Waals surface area (Å²) in [5.74, 6) is 0.811. The van der Waals surface area contributed by atoms with Gasteiger partial charge in [-0.1, -0.05) is 36.8 Å². The van der Waals surface area contributed by atoms with Crippen molar-refractivity contribution in [3.05, 3.63) is 66.1 Å². The molecular weight excluding hydrogens is 341 g/mol. The number of aryl methyl sites for hydroxylation is 2. The molecule has 0 saturated heterocycles. The van der Waals surface area contributed by atoms with Crippen LogP contribution in [0, 0.1) is 12.7 Å². The Bertz CT molecular complexity index is 1090. The summed E-state index contributed by atoms with van der Waals surface area (Å²) < 4.78 is 15.6. The van der Waals surface area contributed by atoms with Gasteiger partial charge in [0.05, 0.1) is 11.6 Å². The maximum absolute atomic E-state index is 13.7. The van der Waals surface area contributed by atoms with Crippen LogP contribution in [-0.4, -0.2) is 19.7 Å². The molecule has 0 aliphatic rings. The van der Waals surface area contributed by atoms with Gasteiger partial charge in [0.2, 0.25) is 0 Å². The van der Waals surface area contributed by atoms with Gasteiger partial charge in [-0.3, -0.25) is 0 Å². The number of fused-ring (bicyclic) bond motifs is 1. The van der Waals surface area contributed by atoms with Crippen LogP contribution in [0.15, 0.2) is 54.7 Å². The van der Waals surface area contributed by atoms with Crippen molar-refractivity contribution in [1.29, 1.82) is 0 Å². The molecule has 2 aromatic heterocycles. The SMILES string of the molecule is CCCn1ncc2c(Nc3ccc(C)cc3)nc(-c3cccc(F)c3)nc21. The Morgan fingerprint density at radius 1 is 1.07 bits per heavy atom. The van der Waals surface area contributed by atoms with E-state index in [-0.39, 0.29) is 5.82 Å². The highest BCUT2D eigenvalue weighted by molar-refractivity contribution is 5.90. The first-order chi connectivity index (χ1) is 13.1. The molecule has 0 saturated carbocycles. The molecule has 0 unspecified atom stereocenters. The van der Waals surface area contributed by atoms with Gasteiger partial charge in [-0.25, -0.2) is 19.0 Å². The minimum Gasteiger partial charge on any atom is -0.339 e. The third kappa shape index (κ3) is 3.51. The van der Waals surface area contributed by atoms with E-state index in [9.17, 15) is 4.39 Å². The maximum Gasteiger partial charge on any atom is 0.164 e. The lowest BCUT2D eigenvalue weighted by molar-refractivity contribution is 0.617. The summed E-state index contributed by atoms with van der Waals surface area (Å²) in [5, 5.41) is 8.65. The Kier molecular flexibility index (Phi) is 4.54. The van der Waals surface area contributed by atoms with E-state index in [4.69, 9.17) is 0 Å². The molecule has 1 N–H and O–H groups in total. The van der Waals surface area contributed by atoms with Crippen molar-refractivity contribution < 1.29 is 4.39 Å². The second-order valence-corrected chi connectivity index (χ2v) is 6.50. The van der Waals surface area contributed by atoms with Crippen LogP contribution in [0.2, 0.25) is 0 Å². The summed E-state index contributed by atoms with van der Waals surface area (Å²) in [4.78, 5) is 9.33. The fourth-order valence-electron chi connectivity index (χ4n) is 2.96. The number of nitrogens with one attached hydrogen (secondary N) is 1. The third-order valence-corrected chi connectivity index (χ3v) is 4.33. The van der Waals surface area contributed by atoms with Gasteiger partial charge < -0.3 is 5.32 Å². The number of halogens is 1. The molecular formula is C21H20FN5. The second kappa shape index (κ2) is 7.15. The summed E-state index contributed by atoms with van der Waals surface area (Å²) in [7, 11) is 0. The molecule has 0 bridgehead atoms. The summed E-state index contributed by atoms with van der Waals surface area (Å²) >= 11 is 0. The first kappa shape index (κ1) is 17.1. The van der Waals surface area contributed by atoms with E-state index in [0.29, 0.717) is 17.2 Å². The summed E-state index contributed by atoms with van der Waals surface area (Å²) in [5.41, 5.74) is 3.48. The third-order valence-electron chi connectivity index (χ3n) is 4.33. The lowest BCUT2D eigenvalue weighted by atomic mass is 10.2. The Morgan fingerprint density at radius 3 is 2.63 bits per heavy atom. The number of hydrogen-bond acceptors (Lipinski definition) is 4.